The Morgan fingerprint density at radius 3 is 2.33 bits per heavy atom. The summed E-state index contributed by atoms with van der Waals surface area (Å²) < 4.78 is 29.7. The molecule has 0 saturated heterocycles. The fourth-order valence-corrected chi connectivity index (χ4v) is 4.53. The maximum atomic E-state index is 13.1. The van der Waals surface area contributed by atoms with Crippen molar-refractivity contribution in [1.82, 2.24) is 14.5 Å². The van der Waals surface area contributed by atoms with E-state index in [0.717, 1.165) is 49.8 Å². The van der Waals surface area contributed by atoms with Crippen LogP contribution in [0.2, 0.25) is 0 Å². The molecule has 0 radical (unpaired) electrons. The van der Waals surface area contributed by atoms with E-state index < -0.39 is 16.1 Å². The number of benzene rings is 1. The highest BCUT2D eigenvalue weighted by molar-refractivity contribution is 7.89. The number of sulfonamides is 1. The minimum absolute atomic E-state index is 0.147. The molecule has 1 aromatic heterocycles. The Balaban J connectivity index is 2.12. The summed E-state index contributed by atoms with van der Waals surface area (Å²) in [6.45, 7) is 5.48. The predicted octanol–water partition coefficient (Wildman–Crippen LogP) is 4.16. The van der Waals surface area contributed by atoms with Crippen molar-refractivity contribution < 1.29 is 13.2 Å². The standard InChI is InChI=1S/C23H31N3O3S/c1-5-6-7-8-9-10-11-12-22(23(27)26-20(4)17-19(3)24-26)25-30(28,29)21-15-13-18(2)14-16-21/h1,13-17,22,25H,6-12H2,2-4H3. The normalized spacial score (nSPS) is 12.5. The second-order valence-electron chi connectivity index (χ2n) is 7.67. The average Bonchev–Trinajstić information content (AvgIpc) is 3.04. The predicted molar refractivity (Wildman–Crippen MR) is 119 cm³/mol. The van der Waals surface area contributed by atoms with Crippen molar-refractivity contribution >= 4 is 15.9 Å². The van der Waals surface area contributed by atoms with Crippen molar-refractivity contribution in [1.29, 1.82) is 0 Å². The highest BCUT2D eigenvalue weighted by Crippen LogP contribution is 2.15. The number of terminal acetylenes is 1. The first-order valence-corrected chi connectivity index (χ1v) is 11.8. The zero-order valence-corrected chi connectivity index (χ0v) is 18.8. The molecule has 1 aromatic carbocycles. The van der Waals surface area contributed by atoms with Gasteiger partial charge in [-0.05, 0) is 51.8 Å². The van der Waals surface area contributed by atoms with Crippen LogP contribution in [-0.4, -0.2) is 30.1 Å². The fourth-order valence-electron chi connectivity index (χ4n) is 3.31. The molecule has 6 nitrogen and oxygen atoms in total. The van der Waals surface area contributed by atoms with Crippen molar-refractivity contribution in [2.45, 2.75) is 76.7 Å². The van der Waals surface area contributed by atoms with E-state index in [-0.39, 0.29) is 10.8 Å². The summed E-state index contributed by atoms with van der Waals surface area (Å²) in [5, 5.41) is 4.24. The first-order chi connectivity index (χ1) is 14.2. The number of carbonyl (C=O) groups is 1. The molecule has 0 saturated carbocycles. The van der Waals surface area contributed by atoms with Gasteiger partial charge in [-0.1, -0.05) is 43.4 Å². The Hall–Kier alpha value is -2.43. The van der Waals surface area contributed by atoms with Crippen LogP contribution in [0.1, 0.15) is 66.7 Å². The molecule has 7 heteroatoms. The van der Waals surface area contributed by atoms with Crippen LogP contribution in [0.4, 0.5) is 0 Å². The smallest absolute Gasteiger partial charge is 0.265 e. The quantitative estimate of drug-likeness (QED) is 0.430. The largest absolute Gasteiger partial charge is 0.271 e. The molecule has 2 aromatic rings. The fraction of sp³-hybridized carbons (Fsp3) is 0.478. The van der Waals surface area contributed by atoms with Gasteiger partial charge in [0.15, 0.2) is 0 Å². The van der Waals surface area contributed by atoms with Crippen LogP contribution in [-0.2, 0) is 10.0 Å². The number of aromatic nitrogens is 2. The summed E-state index contributed by atoms with van der Waals surface area (Å²) in [5.41, 5.74) is 2.37. The molecule has 0 aliphatic heterocycles. The van der Waals surface area contributed by atoms with E-state index in [0.29, 0.717) is 12.1 Å². The topological polar surface area (TPSA) is 81.1 Å². The van der Waals surface area contributed by atoms with E-state index >= 15 is 0 Å². The monoisotopic (exact) mass is 429 g/mol. The number of hydrogen-bond acceptors (Lipinski definition) is 4. The Labute approximate surface area is 180 Å². The summed E-state index contributed by atoms with van der Waals surface area (Å²) >= 11 is 0. The van der Waals surface area contributed by atoms with E-state index in [1.807, 2.05) is 6.92 Å². The summed E-state index contributed by atoms with van der Waals surface area (Å²) in [7, 11) is -3.82. The molecule has 30 heavy (non-hydrogen) atoms. The van der Waals surface area contributed by atoms with Crippen LogP contribution in [0.15, 0.2) is 35.2 Å². The molecule has 1 atom stereocenters. The van der Waals surface area contributed by atoms with Crippen LogP contribution in [0.5, 0.6) is 0 Å². The molecule has 0 amide bonds. The Kier molecular flexibility index (Phi) is 8.82. The van der Waals surface area contributed by atoms with Gasteiger partial charge >= 0.3 is 0 Å². The molecule has 162 valence electrons. The molecule has 0 fully saturated rings. The van der Waals surface area contributed by atoms with E-state index in [4.69, 9.17) is 6.42 Å². The number of carbonyl (C=O) groups excluding carboxylic acids is 1. The lowest BCUT2D eigenvalue weighted by molar-refractivity contribution is 0.0845. The van der Waals surface area contributed by atoms with E-state index in [1.165, 1.54) is 4.68 Å². The second-order valence-corrected chi connectivity index (χ2v) is 9.39. The number of hydrogen-bond donors (Lipinski definition) is 1. The first kappa shape index (κ1) is 23.8. The summed E-state index contributed by atoms with van der Waals surface area (Å²) in [6, 6.07) is 7.50. The first-order valence-electron chi connectivity index (χ1n) is 10.3. The van der Waals surface area contributed by atoms with Gasteiger partial charge in [-0.15, -0.1) is 12.3 Å². The minimum Gasteiger partial charge on any atom is -0.271 e. The van der Waals surface area contributed by atoms with Crippen molar-refractivity contribution in [2.75, 3.05) is 0 Å². The van der Waals surface area contributed by atoms with Crippen molar-refractivity contribution in [3.63, 3.8) is 0 Å². The third-order valence-electron chi connectivity index (χ3n) is 4.96. The molecule has 0 spiro atoms. The van der Waals surface area contributed by atoms with Crippen LogP contribution in [0.25, 0.3) is 0 Å². The van der Waals surface area contributed by atoms with Gasteiger partial charge in [0.1, 0.15) is 6.04 Å². The highest BCUT2D eigenvalue weighted by atomic mass is 32.2. The minimum atomic E-state index is -3.82. The van der Waals surface area contributed by atoms with Crippen molar-refractivity contribution in [3.05, 3.63) is 47.3 Å². The maximum Gasteiger partial charge on any atom is 0.265 e. The summed E-state index contributed by atoms with van der Waals surface area (Å²) in [4.78, 5) is 13.2. The third-order valence-corrected chi connectivity index (χ3v) is 6.45. The average molecular weight is 430 g/mol. The number of nitrogens with one attached hydrogen (secondary N) is 1. The van der Waals surface area contributed by atoms with Gasteiger partial charge in [0.2, 0.25) is 10.0 Å². The molecule has 1 heterocycles. The van der Waals surface area contributed by atoms with Gasteiger partial charge in [-0.2, -0.15) is 9.82 Å². The Bertz CT molecular complexity index is 986. The third kappa shape index (κ3) is 6.82. The van der Waals surface area contributed by atoms with Gasteiger partial charge in [0.05, 0.1) is 10.6 Å². The lowest BCUT2D eigenvalue weighted by atomic mass is 10.1. The number of unbranched alkanes of at least 4 members (excludes halogenated alkanes) is 5. The van der Waals surface area contributed by atoms with E-state index in [1.54, 1.807) is 44.2 Å². The van der Waals surface area contributed by atoms with Crippen molar-refractivity contribution in [2.24, 2.45) is 0 Å². The van der Waals surface area contributed by atoms with Gasteiger partial charge < -0.3 is 0 Å². The van der Waals surface area contributed by atoms with Crippen LogP contribution in [0, 0.1) is 33.1 Å². The lowest BCUT2D eigenvalue weighted by Crippen LogP contribution is -2.43. The highest BCUT2D eigenvalue weighted by Gasteiger charge is 2.27. The Morgan fingerprint density at radius 1 is 1.10 bits per heavy atom. The second kappa shape index (κ2) is 11.1. The molecule has 1 N–H and O–H groups in total. The van der Waals surface area contributed by atoms with Crippen molar-refractivity contribution in [3.8, 4) is 12.3 Å². The van der Waals surface area contributed by atoms with E-state index in [9.17, 15) is 13.2 Å². The Morgan fingerprint density at radius 2 is 1.73 bits per heavy atom. The zero-order valence-electron chi connectivity index (χ0n) is 18.0. The summed E-state index contributed by atoms with van der Waals surface area (Å²) in [6.07, 6.45) is 11.1. The molecule has 1 unspecified atom stereocenters. The lowest BCUT2D eigenvalue weighted by Gasteiger charge is -2.18. The van der Waals surface area contributed by atoms with Crippen LogP contribution < -0.4 is 4.72 Å². The van der Waals surface area contributed by atoms with Gasteiger partial charge in [-0.3, -0.25) is 4.79 Å². The van der Waals surface area contributed by atoms with Gasteiger partial charge in [0.25, 0.3) is 5.91 Å². The number of nitrogens with zero attached hydrogens (tertiary/aromatic N) is 2. The zero-order chi connectivity index (χ0) is 22.1. The maximum absolute atomic E-state index is 13.1. The van der Waals surface area contributed by atoms with Gasteiger partial charge in [0, 0.05) is 12.1 Å². The number of rotatable bonds is 11. The molecule has 2 rings (SSSR count). The van der Waals surface area contributed by atoms with Crippen LogP contribution >= 0.6 is 0 Å². The molecular weight excluding hydrogens is 398 g/mol. The molecule has 0 aliphatic carbocycles. The van der Waals surface area contributed by atoms with E-state index in [2.05, 4.69) is 15.7 Å². The van der Waals surface area contributed by atoms with Gasteiger partial charge in [-0.25, -0.2) is 13.1 Å². The molecular formula is C23H31N3O3S. The number of aryl methyl sites for hydroxylation is 3. The molecule has 0 bridgehead atoms. The molecule has 0 aliphatic rings. The SMILES string of the molecule is C#CCCCCCCCC(NS(=O)(=O)c1ccc(C)cc1)C(=O)n1nc(C)cc1C. The summed E-state index contributed by atoms with van der Waals surface area (Å²) in [5.74, 6) is 2.27. The van der Waals surface area contributed by atoms with Crippen LogP contribution in [0.3, 0.4) is 0 Å².